The standard InChI is InChI=1S/C14H22BrN3O/c1-10(2)11(5-7-16)3-4-14(19)18-13-6-8-17-9-12(13)15/h6,8-11H,3-5,7,16H2,1-2H3,(H,17,18,19). The summed E-state index contributed by atoms with van der Waals surface area (Å²) in [5.41, 5.74) is 6.37. The van der Waals surface area contributed by atoms with Crippen LogP contribution in [0.5, 0.6) is 0 Å². The Morgan fingerprint density at radius 1 is 1.47 bits per heavy atom. The molecule has 0 spiro atoms. The minimum Gasteiger partial charge on any atom is -0.330 e. The second-order valence-corrected chi connectivity index (χ2v) is 5.88. The van der Waals surface area contributed by atoms with Crippen molar-refractivity contribution in [1.82, 2.24) is 4.98 Å². The molecule has 1 unspecified atom stereocenters. The molecule has 106 valence electrons. The van der Waals surface area contributed by atoms with Gasteiger partial charge in [-0.3, -0.25) is 9.78 Å². The molecule has 4 nitrogen and oxygen atoms in total. The molecule has 0 radical (unpaired) electrons. The first kappa shape index (κ1) is 16.1. The smallest absolute Gasteiger partial charge is 0.224 e. The van der Waals surface area contributed by atoms with Crippen LogP contribution in [0.4, 0.5) is 5.69 Å². The second-order valence-electron chi connectivity index (χ2n) is 5.02. The molecule has 0 fully saturated rings. The van der Waals surface area contributed by atoms with Gasteiger partial charge in [-0.05, 0) is 53.2 Å². The normalized spacial score (nSPS) is 12.5. The first-order chi connectivity index (χ1) is 9.04. The van der Waals surface area contributed by atoms with Crippen LogP contribution in [0.25, 0.3) is 0 Å². The minimum absolute atomic E-state index is 0.0366. The largest absolute Gasteiger partial charge is 0.330 e. The van der Waals surface area contributed by atoms with Crippen molar-refractivity contribution in [3.63, 3.8) is 0 Å². The average molecular weight is 328 g/mol. The molecule has 1 rings (SSSR count). The topological polar surface area (TPSA) is 68.0 Å². The first-order valence-corrected chi connectivity index (χ1v) is 7.43. The van der Waals surface area contributed by atoms with Crippen molar-refractivity contribution < 1.29 is 4.79 Å². The Labute approximate surface area is 123 Å². The van der Waals surface area contributed by atoms with Gasteiger partial charge in [0.15, 0.2) is 0 Å². The highest BCUT2D eigenvalue weighted by Gasteiger charge is 2.14. The second kappa shape index (κ2) is 8.27. The molecule has 0 aliphatic carbocycles. The number of nitrogens with one attached hydrogen (secondary N) is 1. The molecular weight excluding hydrogens is 306 g/mol. The summed E-state index contributed by atoms with van der Waals surface area (Å²) >= 11 is 3.36. The first-order valence-electron chi connectivity index (χ1n) is 6.64. The quantitative estimate of drug-likeness (QED) is 0.808. The van der Waals surface area contributed by atoms with Crippen LogP contribution in [-0.4, -0.2) is 17.4 Å². The number of aromatic nitrogens is 1. The maximum atomic E-state index is 11.9. The zero-order chi connectivity index (χ0) is 14.3. The molecule has 1 atom stereocenters. The third kappa shape index (κ3) is 5.70. The highest BCUT2D eigenvalue weighted by molar-refractivity contribution is 9.10. The van der Waals surface area contributed by atoms with E-state index in [9.17, 15) is 4.79 Å². The number of amides is 1. The summed E-state index contributed by atoms with van der Waals surface area (Å²) in [5, 5.41) is 2.89. The Kier molecular flexibility index (Phi) is 7.02. The van der Waals surface area contributed by atoms with Gasteiger partial charge < -0.3 is 11.1 Å². The molecule has 0 aromatic carbocycles. The molecule has 0 aliphatic heterocycles. The van der Waals surface area contributed by atoms with E-state index in [0.717, 1.165) is 23.0 Å². The van der Waals surface area contributed by atoms with E-state index in [1.165, 1.54) is 0 Å². The molecular formula is C14H22BrN3O. The van der Waals surface area contributed by atoms with Crippen LogP contribution < -0.4 is 11.1 Å². The number of carbonyl (C=O) groups is 1. The van der Waals surface area contributed by atoms with Gasteiger partial charge in [-0.1, -0.05) is 13.8 Å². The monoisotopic (exact) mass is 327 g/mol. The molecule has 0 saturated carbocycles. The van der Waals surface area contributed by atoms with Gasteiger partial charge >= 0.3 is 0 Å². The summed E-state index contributed by atoms with van der Waals surface area (Å²) in [6.45, 7) is 5.04. The minimum atomic E-state index is 0.0366. The van der Waals surface area contributed by atoms with Crippen molar-refractivity contribution in [3.8, 4) is 0 Å². The van der Waals surface area contributed by atoms with Gasteiger partial charge in [-0.25, -0.2) is 0 Å². The van der Waals surface area contributed by atoms with Gasteiger partial charge in [0, 0.05) is 18.8 Å². The average Bonchev–Trinajstić information content (AvgIpc) is 2.37. The zero-order valence-corrected chi connectivity index (χ0v) is 13.1. The summed E-state index contributed by atoms with van der Waals surface area (Å²) in [5.74, 6) is 1.11. The SMILES string of the molecule is CC(C)C(CCN)CCC(=O)Nc1ccncc1Br. The van der Waals surface area contributed by atoms with Crippen molar-refractivity contribution in [1.29, 1.82) is 0 Å². The van der Waals surface area contributed by atoms with Crippen LogP contribution in [-0.2, 0) is 4.79 Å². The van der Waals surface area contributed by atoms with Gasteiger partial charge in [0.1, 0.15) is 0 Å². The molecule has 0 saturated heterocycles. The number of pyridine rings is 1. The lowest BCUT2D eigenvalue weighted by atomic mass is 9.88. The van der Waals surface area contributed by atoms with Crippen LogP contribution in [0.2, 0.25) is 0 Å². The third-order valence-electron chi connectivity index (χ3n) is 3.27. The lowest BCUT2D eigenvalue weighted by molar-refractivity contribution is -0.116. The van der Waals surface area contributed by atoms with Crippen LogP contribution in [0.1, 0.15) is 33.1 Å². The lowest BCUT2D eigenvalue weighted by Crippen LogP contribution is -2.18. The molecule has 0 aliphatic rings. The van der Waals surface area contributed by atoms with Crippen LogP contribution in [0, 0.1) is 11.8 Å². The van der Waals surface area contributed by atoms with Crippen molar-refractivity contribution in [2.24, 2.45) is 17.6 Å². The summed E-state index contributed by atoms with van der Waals surface area (Å²) < 4.78 is 0.797. The Morgan fingerprint density at radius 3 is 2.79 bits per heavy atom. The van der Waals surface area contributed by atoms with Crippen LogP contribution >= 0.6 is 15.9 Å². The number of nitrogens with two attached hydrogens (primary N) is 1. The van der Waals surface area contributed by atoms with E-state index in [4.69, 9.17) is 5.73 Å². The van der Waals surface area contributed by atoms with E-state index in [1.54, 1.807) is 18.5 Å². The van der Waals surface area contributed by atoms with E-state index in [2.05, 4.69) is 40.1 Å². The fourth-order valence-corrected chi connectivity index (χ4v) is 2.38. The lowest BCUT2D eigenvalue weighted by Gasteiger charge is -2.19. The molecule has 5 heteroatoms. The third-order valence-corrected chi connectivity index (χ3v) is 3.90. The molecule has 1 aromatic rings. The Hall–Kier alpha value is -0.940. The number of halogens is 1. The van der Waals surface area contributed by atoms with Gasteiger partial charge in [0.25, 0.3) is 0 Å². The molecule has 3 N–H and O–H groups in total. The number of nitrogens with zero attached hydrogens (tertiary/aromatic N) is 1. The van der Waals surface area contributed by atoms with E-state index >= 15 is 0 Å². The predicted octanol–water partition coefficient (Wildman–Crippen LogP) is 3.18. The van der Waals surface area contributed by atoms with Gasteiger partial charge in [-0.2, -0.15) is 0 Å². The number of hydrogen-bond acceptors (Lipinski definition) is 3. The van der Waals surface area contributed by atoms with E-state index in [-0.39, 0.29) is 5.91 Å². The van der Waals surface area contributed by atoms with E-state index in [1.807, 2.05) is 0 Å². The fraction of sp³-hybridized carbons (Fsp3) is 0.571. The summed E-state index contributed by atoms with van der Waals surface area (Å²) in [6.07, 6.45) is 5.71. The summed E-state index contributed by atoms with van der Waals surface area (Å²) in [6, 6.07) is 1.78. The van der Waals surface area contributed by atoms with Crippen molar-refractivity contribution in [2.75, 3.05) is 11.9 Å². The van der Waals surface area contributed by atoms with Crippen molar-refractivity contribution in [2.45, 2.75) is 33.1 Å². The van der Waals surface area contributed by atoms with Crippen molar-refractivity contribution >= 4 is 27.5 Å². The Balaban J connectivity index is 2.45. The van der Waals surface area contributed by atoms with Gasteiger partial charge in [0.05, 0.1) is 10.2 Å². The maximum Gasteiger partial charge on any atom is 0.224 e. The van der Waals surface area contributed by atoms with Gasteiger partial charge in [-0.15, -0.1) is 0 Å². The zero-order valence-electron chi connectivity index (χ0n) is 11.5. The fourth-order valence-electron chi connectivity index (χ4n) is 2.03. The number of anilines is 1. The molecule has 19 heavy (non-hydrogen) atoms. The number of carbonyl (C=O) groups excluding carboxylic acids is 1. The Morgan fingerprint density at radius 2 is 2.21 bits per heavy atom. The van der Waals surface area contributed by atoms with Crippen LogP contribution in [0.3, 0.4) is 0 Å². The van der Waals surface area contributed by atoms with E-state index < -0.39 is 0 Å². The highest BCUT2D eigenvalue weighted by Crippen LogP contribution is 2.23. The molecule has 1 amide bonds. The van der Waals surface area contributed by atoms with Crippen LogP contribution in [0.15, 0.2) is 22.9 Å². The molecule has 1 aromatic heterocycles. The number of rotatable bonds is 7. The number of hydrogen-bond donors (Lipinski definition) is 2. The molecule has 0 bridgehead atoms. The maximum absolute atomic E-state index is 11.9. The summed E-state index contributed by atoms with van der Waals surface area (Å²) in [4.78, 5) is 15.9. The predicted molar refractivity (Wildman–Crippen MR) is 81.8 cm³/mol. The van der Waals surface area contributed by atoms with Gasteiger partial charge in [0.2, 0.25) is 5.91 Å². The Bertz CT molecular complexity index is 409. The van der Waals surface area contributed by atoms with E-state index in [0.29, 0.717) is 24.8 Å². The molecule has 1 heterocycles. The van der Waals surface area contributed by atoms with Crippen molar-refractivity contribution in [3.05, 3.63) is 22.9 Å². The highest BCUT2D eigenvalue weighted by atomic mass is 79.9. The summed E-state index contributed by atoms with van der Waals surface area (Å²) in [7, 11) is 0.